The number of nitrogens with one attached hydrogen (secondary N) is 3. The first kappa shape index (κ1) is 25.5. The number of carbonyl (C=O) groups is 3. The molecule has 1 atom stereocenters. The number of aliphatic carboxylic acids is 1. The molecule has 176 valence electrons. The second-order valence-electron chi connectivity index (χ2n) is 7.84. The van der Waals surface area contributed by atoms with Gasteiger partial charge in [-0.25, -0.2) is 0 Å². The molecule has 4 N–H and O–H groups in total. The second kappa shape index (κ2) is 13.6. The molecule has 33 heavy (non-hydrogen) atoms. The van der Waals surface area contributed by atoms with Gasteiger partial charge in [-0.3, -0.25) is 14.4 Å². The predicted octanol–water partition coefficient (Wildman–Crippen LogP) is 3.27. The second-order valence-corrected chi connectivity index (χ2v) is 7.84. The Morgan fingerprint density at radius 2 is 1.73 bits per heavy atom. The van der Waals surface area contributed by atoms with Crippen LogP contribution in [0.1, 0.15) is 32.3 Å². The molecule has 0 saturated carbocycles. The van der Waals surface area contributed by atoms with Gasteiger partial charge in [0.1, 0.15) is 5.75 Å². The quantitative estimate of drug-likeness (QED) is 0.210. The first-order valence-electron chi connectivity index (χ1n) is 10.9. The number of amides is 2. The van der Waals surface area contributed by atoms with Crippen LogP contribution in [-0.2, 0) is 14.4 Å². The van der Waals surface area contributed by atoms with E-state index >= 15 is 0 Å². The third-order valence-corrected chi connectivity index (χ3v) is 4.43. The smallest absolute Gasteiger partial charge is 0.303 e. The van der Waals surface area contributed by atoms with Crippen molar-refractivity contribution in [1.29, 1.82) is 0 Å². The summed E-state index contributed by atoms with van der Waals surface area (Å²) in [6.07, 6.45) is 2.54. The molecule has 0 fully saturated rings. The van der Waals surface area contributed by atoms with Gasteiger partial charge in [0.05, 0.1) is 6.61 Å². The summed E-state index contributed by atoms with van der Waals surface area (Å²) in [7, 11) is 0. The molecular formula is C25H31N3O5. The molecule has 1 unspecified atom stereocenters. The monoisotopic (exact) mass is 453 g/mol. The lowest BCUT2D eigenvalue weighted by Crippen LogP contribution is -2.51. The van der Waals surface area contributed by atoms with E-state index in [4.69, 9.17) is 9.84 Å². The lowest BCUT2D eigenvalue weighted by atomic mass is 10.2. The van der Waals surface area contributed by atoms with Gasteiger partial charge >= 0.3 is 5.97 Å². The normalized spacial score (nSPS) is 11.7. The number of rotatable bonds is 13. The number of benzene rings is 2. The van der Waals surface area contributed by atoms with Gasteiger partial charge in [-0.2, -0.15) is 0 Å². The van der Waals surface area contributed by atoms with E-state index in [1.807, 2.05) is 44.2 Å². The highest BCUT2D eigenvalue weighted by Gasteiger charge is 2.20. The molecule has 0 aromatic heterocycles. The van der Waals surface area contributed by atoms with Crippen LogP contribution in [0.15, 0.2) is 60.7 Å². The number of carboxylic acid groups (broad SMARTS) is 1. The Labute approximate surface area is 194 Å². The van der Waals surface area contributed by atoms with Gasteiger partial charge < -0.3 is 25.8 Å². The summed E-state index contributed by atoms with van der Waals surface area (Å²) >= 11 is 0. The largest absolute Gasteiger partial charge is 0.494 e. The van der Waals surface area contributed by atoms with Gasteiger partial charge in [0.25, 0.3) is 5.91 Å². The van der Waals surface area contributed by atoms with Crippen LogP contribution in [0, 0.1) is 5.92 Å². The van der Waals surface area contributed by atoms with Gasteiger partial charge in [0.2, 0.25) is 5.91 Å². The van der Waals surface area contributed by atoms with Gasteiger partial charge in [-0.05, 0) is 48.2 Å². The molecule has 0 aliphatic heterocycles. The molecule has 0 saturated heterocycles. The first-order chi connectivity index (χ1) is 15.8. The molecule has 2 amide bonds. The molecular weight excluding hydrogens is 422 g/mol. The minimum absolute atomic E-state index is 0.0468. The third-order valence-electron chi connectivity index (χ3n) is 4.43. The van der Waals surface area contributed by atoms with Crippen LogP contribution in [0.2, 0.25) is 0 Å². The molecule has 2 aromatic carbocycles. The Balaban J connectivity index is 1.99. The molecule has 2 aromatic rings. The van der Waals surface area contributed by atoms with E-state index in [0.29, 0.717) is 31.0 Å². The highest BCUT2D eigenvalue weighted by atomic mass is 16.5. The van der Waals surface area contributed by atoms with Crippen LogP contribution in [0.5, 0.6) is 5.75 Å². The summed E-state index contributed by atoms with van der Waals surface area (Å²) in [5, 5.41) is 17.2. The van der Waals surface area contributed by atoms with Crippen molar-refractivity contribution in [1.82, 2.24) is 10.6 Å². The number of hydrogen-bond acceptors (Lipinski definition) is 5. The van der Waals surface area contributed by atoms with Crippen LogP contribution >= 0.6 is 0 Å². The van der Waals surface area contributed by atoms with Gasteiger partial charge in [-0.1, -0.05) is 44.2 Å². The average molecular weight is 454 g/mol. The molecule has 2 rings (SSSR count). The standard InChI is InChI=1S/C25H31N3O5/c1-18(2)17-26-25(32)24(28-22(29)15-10-19-7-4-3-5-8-19)27-20-11-13-21(14-12-20)33-16-6-9-23(30)31/h3-5,7-8,10-15,18,24,27H,6,9,16-17H2,1-2H3,(H,26,32)(H,28,29)(H,30,31)/b15-10+. The maximum absolute atomic E-state index is 12.7. The van der Waals surface area contributed by atoms with Gasteiger partial charge in [0, 0.05) is 24.7 Å². The van der Waals surface area contributed by atoms with Crippen molar-refractivity contribution in [3.63, 3.8) is 0 Å². The number of anilines is 1. The maximum Gasteiger partial charge on any atom is 0.303 e. The van der Waals surface area contributed by atoms with E-state index in [2.05, 4.69) is 16.0 Å². The Morgan fingerprint density at radius 1 is 1.03 bits per heavy atom. The summed E-state index contributed by atoms with van der Waals surface area (Å²) < 4.78 is 5.52. The van der Waals surface area contributed by atoms with Crippen LogP contribution in [-0.4, -0.2) is 42.2 Å². The lowest BCUT2D eigenvalue weighted by Gasteiger charge is -2.21. The Kier molecular flexibility index (Phi) is 10.5. The van der Waals surface area contributed by atoms with Crippen molar-refractivity contribution < 1.29 is 24.2 Å². The fraction of sp³-hybridized carbons (Fsp3) is 0.320. The number of ether oxygens (including phenoxy) is 1. The van der Waals surface area contributed by atoms with Crippen LogP contribution in [0.25, 0.3) is 6.08 Å². The van der Waals surface area contributed by atoms with Crippen molar-refractivity contribution in [3.05, 3.63) is 66.2 Å². The van der Waals surface area contributed by atoms with E-state index in [1.165, 1.54) is 6.08 Å². The number of hydrogen-bond donors (Lipinski definition) is 4. The maximum atomic E-state index is 12.7. The summed E-state index contributed by atoms with van der Waals surface area (Å²) in [5.41, 5.74) is 1.49. The zero-order chi connectivity index (χ0) is 24.1. The minimum atomic E-state index is -0.973. The summed E-state index contributed by atoms with van der Waals surface area (Å²) in [6, 6.07) is 16.3. The zero-order valence-corrected chi connectivity index (χ0v) is 18.9. The topological polar surface area (TPSA) is 117 Å². The molecule has 0 spiro atoms. The van der Waals surface area contributed by atoms with Crippen molar-refractivity contribution >= 4 is 29.5 Å². The van der Waals surface area contributed by atoms with E-state index in [-0.39, 0.29) is 18.2 Å². The molecule has 0 aliphatic carbocycles. The Bertz CT molecular complexity index is 927. The molecule has 0 bridgehead atoms. The molecule has 0 heterocycles. The SMILES string of the molecule is CC(C)CNC(=O)C(NC(=O)/C=C/c1ccccc1)Nc1ccc(OCCCC(=O)O)cc1. The number of carbonyl (C=O) groups excluding carboxylic acids is 2. The van der Waals surface area contributed by atoms with Crippen molar-refractivity contribution in [2.24, 2.45) is 5.92 Å². The van der Waals surface area contributed by atoms with E-state index in [1.54, 1.807) is 30.3 Å². The highest BCUT2D eigenvalue weighted by molar-refractivity contribution is 5.96. The van der Waals surface area contributed by atoms with E-state index in [0.717, 1.165) is 5.56 Å². The highest BCUT2D eigenvalue weighted by Crippen LogP contribution is 2.16. The number of carboxylic acids is 1. The molecule has 8 nitrogen and oxygen atoms in total. The van der Waals surface area contributed by atoms with Crippen molar-refractivity contribution in [2.45, 2.75) is 32.9 Å². The van der Waals surface area contributed by atoms with Crippen LogP contribution in [0.4, 0.5) is 5.69 Å². The van der Waals surface area contributed by atoms with E-state index < -0.39 is 18.0 Å². The minimum Gasteiger partial charge on any atom is -0.494 e. The zero-order valence-electron chi connectivity index (χ0n) is 18.9. The van der Waals surface area contributed by atoms with Crippen molar-refractivity contribution in [2.75, 3.05) is 18.5 Å². The van der Waals surface area contributed by atoms with Gasteiger partial charge in [-0.15, -0.1) is 0 Å². The summed E-state index contributed by atoms with van der Waals surface area (Å²) in [5.74, 6) is -0.767. The average Bonchev–Trinajstić information content (AvgIpc) is 2.80. The molecule has 0 radical (unpaired) electrons. The predicted molar refractivity (Wildman–Crippen MR) is 128 cm³/mol. The first-order valence-corrected chi connectivity index (χ1v) is 10.9. The molecule has 0 aliphatic rings. The third kappa shape index (κ3) is 10.4. The van der Waals surface area contributed by atoms with Crippen molar-refractivity contribution in [3.8, 4) is 5.75 Å². The van der Waals surface area contributed by atoms with Crippen LogP contribution < -0.4 is 20.7 Å². The summed E-state index contributed by atoms with van der Waals surface area (Å²) in [6.45, 7) is 4.75. The summed E-state index contributed by atoms with van der Waals surface area (Å²) in [4.78, 5) is 35.7. The lowest BCUT2D eigenvalue weighted by molar-refractivity contribution is -0.137. The molecule has 8 heteroatoms. The van der Waals surface area contributed by atoms with Crippen LogP contribution in [0.3, 0.4) is 0 Å². The van der Waals surface area contributed by atoms with E-state index in [9.17, 15) is 14.4 Å². The fourth-order valence-corrected chi connectivity index (χ4v) is 2.73. The Hall–Kier alpha value is -3.81. The fourth-order valence-electron chi connectivity index (χ4n) is 2.73. The van der Waals surface area contributed by atoms with Gasteiger partial charge in [0.15, 0.2) is 6.17 Å². The Morgan fingerprint density at radius 3 is 2.36 bits per heavy atom.